The van der Waals surface area contributed by atoms with Gasteiger partial charge in [0.2, 0.25) is 5.91 Å². The lowest BCUT2D eigenvalue weighted by Gasteiger charge is -2.34. The molecule has 1 aliphatic carbocycles. The maximum Gasteiger partial charge on any atom is 0.244 e. The average Bonchev–Trinajstić information content (AvgIpc) is 2.91. The molecule has 1 heterocycles. The number of carbonyl (C=O) groups is 1. The molecule has 4 heteroatoms. The first-order valence-corrected chi connectivity index (χ1v) is 8.52. The van der Waals surface area contributed by atoms with E-state index in [1.807, 2.05) is 6.92 Å². The molecule has 1 saturated carbocycles. The lowest BCUT2D eigenvalue weighted by Crippen LogP contribution is -2.47. The van der Waals surface area contributed by atoms with E-state index in [1.165, 1.54) is 0 Å². The van der Waals surface area contributed by atoms with Crippen LogP contribution < -0.4 is 5.32 Å². The van der Waals surface area contributed by atoms with Crippen molar-refractivity contribution in [3.05, 3.63) is 0 Å². The minimum absolute atomic E-state index is 0.162. The fraction of sp³-hybridized carbons (Fsp3) is 0.941. The standard InChI is InChI=1S/C17H32N2O2/c1-6-21-16(4,5)12-19-14(11-13(2)3)18-17(15(19)20)9-7-8-10-17/h13-14,18H,6-12H2,1-5H3. The number of hydrogen-bond donors (Lipinski definition) is 1. The Morgan fingerprint density at radius 3 is 2.52 bits per heavy atom. The molecule has 2 aliphatic rings. The molecule has 0 aromatic rings. The molecule has 1 aliphatic heterocycles. The van der Waals surface area contributed by atoms with E-state index in [0.717, 1.165) is 32.1 Å². The summed E-state index contributed by atoms with van der Waals surface area (Å²) in [6.07, 6.45) is 5.48. The molecule has 122 valence electrons. The SMILES string of the molecule is CCOC(C)(C)CN1C(=O)C2(CCCC2)NC1CC(C)C. The highest BCUT2D eigenvalue weighted by atomic mass is 16.5. The minimum atomic E-state index is -0.286. The molecule has 1 N–H and O–H groups in total. The third kappa shape index (κ3) is 3.59. The molecule has 21 heavy (non-hydrogen) atoms. The quantitative estimate of drug-likeness (QED) is 0.819. The second-order valence-electron chi connectivity index (χ2n) is 7.70. The molecule has 2 rings (SSSR count). The van der Waals surface area contributed by atoms with Gasteiger partial charge in [-0.25, -0.2) is 0 Å². The highest BCUT2D eigenvalue weighted by Gasteiger charge is 2.52. The summed E-state index contributed by atoms with van der Waals surface area (Å²) in [5.74, 6) is 0.878. The molecule has 4 nitrogen and oxygen atoms in total. The van der Waals surface area contributed by atoms with E-state index in [9.17, 15) is 4.79 Å². The summed E-state index contributed by atoms with van der Waals surface area (Å²) in [5, 5.41) is 3.68. The number of carbonyl (C=O) groups excluding carboxylic acids is 1. The van der Waals surface area contributed by atoms with Gasteiger partial charge < -0.3 is 9.64 Å². The summed E-state index contributed by atoms with van der Waals surface area (Å²) in [6, 6.07) is 0. The molecule has 0 bridgehead atoms. The van der Waals surface area contributed by atoms with E-state index >= 15 is 0 Å². The number of hydrogen-bond acceptors (Lipinski definition) is 3. The summed E-state index contributed by atoms with van der Waals surface area (Å²) in [5.41, 5.74) is -0.562. The topological polar surface area (TPSA) is 41.6 Å². The normalized spacial score (nSPS) is 25.5. The van der Waals surface area contributed by atoms with Gasteiger partial charge in [0.05, 0.1) is 23.9 Å². The first-order valence-electron chi connectivity index (χ1n) is 8.52. The van der Waals surface area contributed by atoms with Crippen molar-refractivity contribution >= 4 is 5.91 Å². The molecular weight excluding hydrogens is 264 g/mol. The van der Waals surface area contributed by atoms with Crippen LogP contribution in [0.2, 0.25) is 0 Å². The molecule has 1 amide bonds. The highest BCUT2D eigenvalue weighted by Crippen LogP contribution is 2.38. The lowest BCUT2D eigenvalue weighted by atomic mass is 9.97. The largest absolute Gasteiger partial charge is 0.374 e. The van der Waals surface area contributed by atoms with Crippen LogP contribution in [0.5, 0.6) is 0 Å². The number of amides is 1. The molecule has 1 atom stereocenters. The Bertz CT molecular complexity index is 373. The van der Waals surface area contributed by atoms with Gasteiger partial charge in [0.15, 0.2) is 0 Å². The summed E-state index contributed by atoms with van der Waals surface area (Å²) in [6.45, 7) is 12.0. The summed E-state index contributed by atoms with van der Waals surface area (Å²) >= 11 is 0. The number of ether oxygens (including phenoxy) is 1. The Morgan fingerprint density at radius 2 is 2.00 bits per heavy atom. The molecule has 2 fully saturated rings. The second kappa shape index (κ2) is 6.25. The molecule has 1 unspecified atom stereocenters. The Balaban J connectivity index is 2.16. The van der Waals surface area contributed by atoms with Crippen molar-refractivity contribution < 1.29 is 9.53 Å². The van der Waals surface area contributed by atoms with E-state index in [0.29, 0.717) is 25.0 Å². The number of nitrogens with one attached hydrogen (secondary N) is 1. The fourth-order valence-electron chi connectivity index (χ4n) is 3.87. The van der Waals surface area contributed by atoms with Gasteiger partial charge in [-0.05, 0) is 46.0 Å². The van der Waals surface area contributed by atoms with Crippen LogP contribution in [0, 0.1) is 5.92 Å². The van der Waals surface area contributed by atoms with Gasteiger partial charge in [-0.3, -0.25) is 10.1 Å². The van der Waals surface area contributed by atoms with Crippen LogP contribution in [-0.4, -0.2) is 41.3 Å². The number of rotatable bonds is 6. The van der Waals surface area contributed by atoms with Crippen molar-refractivity contribution in [2.45, 2.75) is 84.0 Å². The van der Waals surface area contributed by atoms with Crippen LogP contribution in [0.25, 0.3) is 0 Å². The summed E-state index contributed by atoms with van der Waals surface area (Å²) < 4.78 is 5.82. The lowest BCUT2D eigenvalue weighted by molar-refractivity contribution is -0.137. The van der Waals surface area contributed by atoms with Crippen LogP contribution in [0.15, 0.2) is 0 Å². The molecule has 0 aromatic carbocycles. The average molecular weight is 296 g/mol. The zero-order valence-electron chi connectivity index (χ0n) is 14.4. The molecule has 0 aromatic heterocycles. The highest BCUT2D eigenvalue weighted by molar-refractivity contribution is 5.89. The van der Waals surface area contributed by atoms with E-state index < -0.39 is 0 Å². The molecular formula is C17H32N2O2. The first-order chi connectivity index (χ1) is 9.80. The van der Waals surface area contributed by atoms with Crippen molar-refractivity contribution in [3.63, 3.8) is 0 Å². The zero-order valence-corrected chi connectivity index (χ0v) is 14.4. The zero-order chi connectivity index (χ0) is 15.7. The molecule has 0 radical (unpaired) electrons. The Morgan fingerprint density at radius 1 is 1.38 bits per heavy atom. The third-order valence-corrected chi connectivity index (χ3v) is 4.73. The fourth-order valence-corrected chi connectivity index (χ4v) is 3.87. The monoisotopic (exact) mass is 296 g/mol. The van der Waals surface area contributed by atoms with Crippen molar-refractivity contribution in [1.29, 1.82) is 0 Å². The van der Waals surface area contributed by atoms with Gasteiger partial charge >= 0.3 is 0 Å². The van der Waals surface area contributed by atoms with E-state index in [2.05, 4.69) is 37.9 Å². The minimum Gasteiger partial charge on any atom is -0.374 e. The van der Waals surface area contributed by atoms with Crippen molar-refractivity contribution in [2.24, 2.45) is 5.92 Å². The van der Waals surface area contributed by atoms with Crippen LogP contribution in [0.3, 0.4) is 0 Å². The van der Waals surface area contributed by atoms with Crippen LogP contribution >= 0.6 is 0 Å². The van der Waals surface area contributed by atoms with E-state index in [4.69, 9.17) is 4.74 Å². The summed E-state index contributed by atoms with van der Waals surface area (Å²) in [7, 11) is 0. The van der Waals surface area contributed by atoms with Gasteiger partial charge in [0, 0.05) is 6.61 Å². The van der Waals surface area contributed by atoms with Gasteiger partial charge in [-0.15, -0.1) is 0 Å². The first kappa shape index (κ1) is 16.8. The maximum atomic E-state index is 13.0. The Labute approximate surface area is 129 Å². The Hall–Kier alpha value is -0.610. The smallest absolute Gasteiger partial charge is 0.244 e. The Kier molecular flexibility index (Phi) is 4.99. The number of nitrogens with zero attached hydrogens (tertiary/aromatic N) is 1. The maximum absolute atomic E-state index is 13.0. The van der Waals surface area contributed by atoms with Gasteiger partial charge in [0.1, 0.15) is 0 Å². The van der Waals surface area contributed by atoms with E-state index in [1.54, 1.807) is 0 Å². The second-order valence-corrected chi connectivity index (χ2v) is 7.70. The van der Waals surface area contributed by atoms with Gasteiger partial charge in [-0.1, -0.05) is 26.7 Å². The van der Waals surface area contributed by atoms with Crippen LogP contribution in [-0.2, 0) is 9.53 Å². The van der Waals surface area contributed by atoms with Gasteiger partial charge in [-0.2, -0.15) is 0 Å². The van der Waals surface area contributed by atoms with Crippen molar-refractivity contribution in [1.82, 2.24) is 10.2 Å². The van der Waals surface area contributed by atoms with E-state index in [-0.39, 0.29) is 17.3 Å². The van der Waals surface area contributed by atoms with Crippen LogP contribution in [0.4, 0.5) is 0 Å². The predicted octanol–water partition coefficient (Wildman–Crippen LogP) is 2.92. The van der Waals surface area contributed by atoms with Gasteiger partial charge in [0.25, 0.3) is 0 Å². The van der Waals surface area contributed by atoms with Crippen molar-refractivity contribution in [3.8, 4) is 0 Å². The predicted molar refractivity (Wildman–Crippen MR) is 85.0 cm³/mol. The molecule has 1 spiro atoms. The third-order valence-electron chi connectivity index (χ3n) is 4.73. The molecule has 1 saturated heterocycles. The van der Waals surface area contributed by atoms with Crippen LogP contribution in [0.1, 0.15) is 66.7 Å². The summed E-state index contributed by atoms with van der Waals surface area (Å²) in [4.78, 5) is 15.1. The van der Waals surface area contributed by atoms with Crippen molar-refractivity contribution in [2.75, 3.05) is 13.2 Å².